The van der Waals surface area contributed by atoms with Crippen LogP contribution in [0, 0.1) is 23.2 Å². The molecule has 8 rings (SSSR count). The fourth-order valence-electron chi connectivity index (χ4n) is 8.71. The minimum atomic E-state index is -0.951. The molecule has 3 amide bonds. The summed E-state index contributed by atoms with van der Waals surface area (Å²) in [6, 6.07) is 3.79. The van der Waals surface area contributed by atoms with Crippen molar-refractivity contribution in [1.82, 2.24) is 35.3 Å². The van der Waals surface area contributed by atoms with Crippen LogP contribution in [-0.4, -0.2) is 118 Å². The quantitative estimate of drug-likeness (QED) is 0.245. The summed E-state index contributed by atoms with van der Waals surface area (Å²) in [5.41, 5.74) is 7.57. The molecule has 1 unspecified atom stereocenters. The van der Waals surface area contributed by atoms with Crippen LogP contribution in [0.5, 0.6) is 11.5 Å². The molecular formula is C37H48N8O7S. The van der Waals surface area contributed by atoms with E-state index in [-0.39, 0.29) is 19.1 Å². The van der Waals surface area contributed by atoms with Gasteiger partial charge in [0.05, 0.1) is 25.3 Å². The molecule has 16 heteroatoms. The summed E-state index contributed by atoms with van der Waals surface area (Å²) in [6.45, 7) is 12.2. The SMILES string of the molecule is Cc1c(OCCN2CCOCC2)ccc2c(OC3C[C@@H](C(N)=O)N(C(=O)[C@@H](NC(=O)OC4CC56CC5(C4)C6)C(C)(C)C)C3)cc(Sc3ncn[nH]3)nc12. The number of alkyl carbamates (subject to hydrolysis) is 1. The molecule has 1 aromatic carbocycles. The van der Waals surface area contributed by atoms with Crippen molar-refractivity contribution in [2.45, 2.75) is 94.3 Å². The van der Waals surface area contributed by atoms with Crippen molar-refractivity contribution in [1.29, 1.82) is 0 Å². The average molecular weight is 749 g/mol. The number of nitrogens with one attached hydrogen (secondary N) is 2. The standard InChI is InChI=1S/C37H48N8O7S/c1-21-26(50-12-9-44-7-10-49-11-8-44)6-5-24-27(14-28(41-29(21)24)53-33-39-20-40-43-33)51-22-13-25(31(38)46)45(17-22)32(47)30(35(2,3)4)42-34(48)52-23-15-36-18-37(36,16-23)19-36/h5-6,14,20,22-23,25,30H,7-13,15-19H2,1-4H3,(H2,38,46)(H,42,48)(H,39,40,43)/t22?,23?,25-,30+,36?,37?/m0/s1. The number of nitrogens with zero attached hydrogens (tertiary/aromatic N) is 5. The van der Waals surface area contributed by atoms with Crippen LogP contribution in [0.2, 0.25) is 0 Å². The molecule has 0 spiro atoms. The lowest BCUT2D eigenvalue weighted by atomic mass is 9.85. The largest absolute Gasteiger partial charge is 0.492 e. The van der Waals surface area contributed by atoms with E-state index in [1.54, 1.807) is 0 Å². The molecule has 0 bridgehead atoms. The molecule has 15 nitrogen and oxygen atoms in total. The van der Waals surface area contributed by atoms with E-state index in [9.17, 15) is 14.4 Å². The highest BCUT2D eigenvalue weighted by Crippen LogP contribution is 2.93. The Balaban J connectivity index is 0.999. The molecule has 4 heterocycles. The number of carbonyl (C=O) groups excluding carboxylic acids is 3. The molecule has 2 saturated heterocycles. The van der Waals surface area contributed by atoms with Gasteiger partial charge in [0.15, 0.2) is 5.16 Å². The van der Waals surface area contributed by atoms with Gasteiger partial charge in [-0.1, -0.05) is 20.8 Å². The van der Waals surface area contributed by atoms with Crippen LogP contribution in [0.15, 0.2) is 34.7 Å². The third-order valence-corrected chi connectivity index (χ3v) is 12.6. The summed E-state index contributed by atoms with van der Waals surface area (Å²) in [5, 5.41) is 11.6. The first-order valence-electron chi connectivity index (χ1n) is 18.5. The van der Waals surface area contributed by atoms with Gasteiger partial charge < -0.3 is 34.9 Å². The highest BCUT2D eigenvalue weighted by molar-refractivity contribution is 7.99. The number of morpholine rings is 1. The number of likely N-dealkylation sites (tertiary alicyclic amines) is 1. The molecule has 2 aromatic heterocycles. The van der Waals surface area contributed by atoms with Crippen molar-refractivity contribution in [3.63, 3.8) is 0 Å². The number of benzene rings is 1. The van der Waals surface area contributed by atoms with Crippen molar-refractivity contribution in [2.24, 2.45) is 22.0 Å². The number of ether oxygens (including phenoxy) is 4. The van der Waals surface area contributed by atoms with E-state index in [0.717, 1.165) is 62.4 Å². The van der Waals surface area contributed by atoms with Crippen LogP contribution in [0.4, 0.5) is 4.79 Å². The van der Waals surface area contributed by atoms with Gasteiger partial charge in [-0.15, -0.1) is 0 Å². The van der Waals surface area contributed by atoms with E-state index < -0.39 is 41.5 Å². The summed E-state index contributed by atoms with van der Waals surface area (Å²) in [5.74, 6) is 0.203. The van der Waals surface area contributed by atoms with Gasteiger partial charge in [-0.25, -0.2) is 14.8 Å². The molecule has 3 aliphatic carbocycles. The third kappa shape index (κ3) is 7.12. The average Bonchev–Trinajstić information content (AvgIpc) is 3.52. The van der Waals surface area contributed by atoms with Gasteiger partial charge in [-0.05, 0) is 72.7 Å². The molecule has 53 heavy (non-hydrogen) atoms. The van der Waals surface area contributed by atoms with Gasteiger partial charge in [-0.3, -0.25) is 19.6 Å². The first kappa shape index (κ1) is 35.9. The van der Waals surface area contributed by atoms with Crippen LogP contribution < -0.4 is 20.5 Å². The number of aromatic nitrogens is 4. The summed E-state index contributed by atoms with van der Waals surface area (Å²) in [7, 11) is 0. The second kappa shape index (κ2) is 13.6. The monoisotopic (exact) mass is 748 g/mol. The second-order valence-corrected chi connectivity index (χ2v) is 17.4. The van der Waals surface area contributed by atoms with E-state index in [1.165, 1.54) is 35.8 Å². The maximum atomic E-state index is 14.2. The first-order chi connectivity index (χ1) is 25.3. The fraction of sp³-hybridized carbons (Fsp3) is 0.622. The van der Waals surface area contributed by atoms with Crippen LogP contribution in [0.1, 0.15) is 58.4 Å². The molecule has 3 aromatic rings. The summed E-state index contributed by atoms with van der Waals surface area (Å²) in [4.78, 5) is 53.2. The molecule has 4 N–H and O–H groups in total. The predicted molar refractivity (Wildman–Crippen MR) is 193 cm³/mol. The summed E-state index contributed by atoms with van der Waals surface area (Å²) in [6.07, 6.45) is 4.60. The van der Waals surface area contributed by atoms with Crippen molar-refractivity contribution in [3.05, 3.63) is 30.1 Å². The number of nitrogens with two attached hydrogens (primary N) is 1. The minimum Gasteiger partial charge on any atom is -0.492 e. The maximum Gasteiger partial charge on any atom is 0.408 e. The normalized spacial score (nSPS) is 28.2. The van der Waals surface area contributed by atoms with Crippen molar-refractivity contribution in [3.8, 4) is 11.5 Å². The van der Waals surface area contributed by atoms with Crippen molar-refractivity contribution < 1.29 is 33.3 Å². The molecule has 3 saturated carbocycles. The van der Waals surface area contributed by atoms with Crippen LogP contribution in [-0.2, 0) is 19.1 Å². The minimum absolute atomic E-state index is 0.0968. The number of fused-ring (bicyclic) bond motifs is 1. The highest BCUT2D eigenvalue weighted by Gasteiger charge is 2.86. The van der Waals surface area contributed by atoms with Crippen LogP contribution in [0.25, 0.3) is 10.9 Å². The number of amides is 3. The van der Waals surface area contributed by atoms with Gasteiger partial charge in [0.25, 0.3) is 0 Å². The fourth-order valence-corrected chi connectivity index (χ4v) is 9.41. The number of carbonyl (C=O) groups is 3. The first-order valence-corrected chi connectivity index (χ1v) is 19.3. The molecule has 2 aliphatic heterocycles. The Morgan fingerprint density at radius 2 is 1.89 bits per heavy atom. The number of primary amides is 1. The van der Waals surface area contributed by atoms with Crippen LogP contribution >= 0.6 is 11.8 Å². The summed E-state index contributed by atoms with van der Waals surface area (Å²) >= 11 is 1.30. The number of aromatic amines is 1. The zero-order valence-electron chi connectivity index (χ0n) is 30.7. The summed E-state index contributed by atoms with van der Waals surface area (Å²) < 4.78 is 24.2. The number of rotatable bonds is 12. The Hall–Kier alpha value is -4.15. The smallest absolute Gasteiger partial charge is 0.408 e. The number of hydrogen-bond acceptors (Lipinski definition) is 12. The highest BCUT2D eigenvalue weighted by atomic mass is 32.2. The Kier molecular flexibility index (Phi) is 9.21. The van der Waals surface area contributed by atoms with Gasteiger partial charge in [0, 0.05) is 43.1 Å². The number of hydrogen-bond donors (Lipinski definition) is 3. The molecule has 3 atom stereocenters. The van der Waals surface area contributed by atoms with Crippen LogP contribution in [0.3, 0.4) is 0 Å². The molecule has 5 fully saturated rings. The van der Waals surface area contributed by atoms with Gasteiger partial charge in [0.1, 0.15) is 53.8 Å². The van der Waals surface area contributed by atoms with E-state index in [4.69, 9.17) is 29.7 Å². The lowest BCUT2D eigenvalue weighted by Crippen LogP contribution is -2.57. The Labute approximate surface area is 312 Å². The topological polar surface area (TPSA) is 187 Å². The van der Waals surface area contributed by atoms with Gasteiger partial charge in [-0.2, -0.15) is 5.10 Å². The second-order valence-electron chi connectivity index (χ2n) is 16.4. The van der Waals surface area contributed by atoms with E-state index in [2.05, 4.69) is 25.4 Å². The molecule has 5 aliphatic rings. The van der Waals surface area contributed by atoms with E-state index in [0.29, 0.717) is 38.9 Å². The molecule has 284 valence electrons. The molecular weight excluding hydrogens is 701 g/mol. The van der Waals surface area contributed by atoms with Gasteiger partial charge in [0.2, 0.25) is 11.8 Å². The molecule has 0 radical (unpaired) electrons. The van der Waals surface area contributed by atoms with E-state index >= 15 is 0 Å². The predicted octanol–water partition coefficient (Wildman–Crippen LogP) is 3.44. The number of H-pyrrole nitrogens is 1. The van der Waals surface area contributed by atoms with Gasteiger partial charge >= 0.3 is 6.09 Å². The van der Waals surface area contributed by atoms with E-state index in [1.807, 2.05) is 45.9 Å². The lowest BCUT2D eigenvalue weighted by molar-refractivity contribution is -0.141. The van der Waals surface area contributed by atoms with Crippen molar-refractivity contribution >= 4 is 40.6 Å². The number of pyridine rings is 1. The zero-order valence-corrected chi connectivity index (χ0v) is 31.5. The number of aryl methyl sites for hydroxylation is 1. The lowest BCUT2D eigenvalue weighted by Gasteiger charge is -2.35. The maximum absolute atomic E-state index is 14.2. The third-order valence-electron chi connectivity index (χ3n) is 11.8. The Morgan fingerprint density at radius 1 is 1.13 bits per heavy atom. The van der Waals surface area contributed by atoms with Crippen molar-refractivity contribution in [2.75, 3.05) is 46.0 Å². The zero-order chi connectivity index (χ0) is 37.1. The Morgan fingerprint density at radius 3 is 2.57 bits per heavy atom. The Bertz CT molecular complexity index is 1870.